The van der Waals surface area contributed by atoms with Gasteiger partial charge in [-0.3, -0.25) is 14.4 Å². The summed E-state index contributed by atoms with van der Waals surface area (Å²) < 4.78 is 0. The van der Waals surface area contributed by atoms with Crippen LogP contribution in [0.1, 0.15) is 23.1 Å². The second-order valence-corrected chi connectivity index (χ2v) is 7.39. The maximum Gasteiger partial charge on any atom is 0.243 e. The molecule has 0 radical (unpaired) electrons. The van der Waals surface area contributed by atoms with Crippen LogP contribution in [0.15, 0.2) is 48.5 Å². The van der Waals surface area contributed by atoms with Crippen molar-refractivity contribution < 1.29 is 14.4 Å². The van der Waals surface area contributed by atoms with Crippen LogP contribution in [-0.4, -0.2) is 29.8 Å². The van der Waals surface area contributed by atoms with Crippen molar-refractivity contribution in [3.63, 3.8) is 0 Å². The van der Waals surface area contributed by atoms with Gasteiger partial charge in [-0.15, -0.1) is 0 Å². The van der Waals surface area contributed by atoms with Gasteiger partial charge >= 0.3 is 0 Å². The molecule has 152 valence electrons. The Morgan fingerprint density at radius 1 is 0.966 bits per heavy atom. The Bertz CT molecular complexity index is 901. The summed E-state index contributed by atoms with van der Waals surface area (Å²) in [6.07, 6.45) is 0.207. The maximum atomic E-state index is 12.4. The number of hydrogen-bond acceptors (Lipinski definition) is 4. The molecule has 0 bridgehead atoms. The Balaban J connectivity index is 1.49. The number of amides is 3. The number of carbonyl (C=O) groups excluding carboxylic acids is 3. The first-order valence-corrected chi connectivity index (χ1v) is 9.72. The number of nitrogens with one attached hydrogen (secondary N) is 3. The fourth-order valence-corrected chi connectivity index (χ4v) is 3.33. The average Bonchev–Trinajstić information content (AvgIpc) is 2.70. The van der Waals surface area contributed by atoms with Crippen LogP contribution in [0, 0.1) is 0 Å². The third-order valence-corrected chi connectivity index (χ3v) is 4.97. The molecule has 5 N–H and O–H groups in total. The minimum atomic E-state index is -0.891. The van der Waals surface area contributed by atoms with Crippen LogP contribution in [0.2, 0.25) is 5.02 Å². The quantitative estimate of drug-likeness (QED) is 0.542. The summed E-state index contributed by atoms with van der Waals surface area (Å²) in [5, 5.41) is 8.65. The van der Waals surface area contributed by atoms with Crippen LogP contribution in [0.25, 0.3) is 0 Å². The van der Waals surface area contributed by atoms with Crippen LogP contribution >= 0.6 is 11.6 Å². The Labute approximate surface area is 174 Å². The molecule has 2 unspecified atom stereocenters. The van der Waals surface area contributed by atoms with E-state index in [9.17, 15) is 14.4 Å². The van der Waals surface area contributed by atoms with Crippen LogP contribution < -0.4 is 21.7 Å². The number of carbonyl (C=O) groups is 3. The number of halogens is 1. The van der Waals surface area contributed by atoms with Crippen molar-refractivity contribution >= 4 is 29.3 Å². The van der Waals surface area contributed by atoms with Crippen molar-refractivity contribution in [3.8, 4) is 0 Å². The van der Waals surface area contributed by atoms with Crippen molar-refractivity contribution in [1.82, 2.24) is 16.0 Å². The van der Waals surface area contributed by atoms with E-state index in [2.05, 4.69) is 16.0 Å². The van der Waals surface area contributed by atoms with Gasteiger partial charge in [0.05, 0.1) is 6.42 Å². The van der Waals surface area contributed by atoms with Gasteiger partial charge in [-0.2, -0.15) is 0 Å². The molecular weight excluding hydrogens is 392 g/mol. The lowest BCUT2D eigenvalue weighted by Crippen LogP contribution is -2.63. The molecular formula is C21H23ClN4O3. The van der Waals surface area contributed by atoms with Gasteiger partial charge < -0.3 is 21.7 Å². The number of rotatable bonds is 7. The molecule has 1 heterocycles. The standard InChI is InChI=1S/C21H23ClN4O3/c22-16-3-1-2-15(8-16)9-17-20(28)26-18(21(29)25-17)10-19(27)24-12-14-6-4-13(11-23)5-7-14/h1-8,17-18H,9-12,23H2,(H,24,27)(H,25,29)(H,26,28). The molecule has 2 aromatic carbocycles. The second kappa shape index (κ2) is 9.54. The molecule has 1 saturated heterocycles. The lowest BCUT2D eigenvalue weighted by atomic mass is 10.0. The third-order valence-electron chi connectivity index (χ3n) is 4.73. The number of hydrogen-bond donors (Lipinski definition) is 4. The Morgan fingerprint density at radius 2 is 1.62 bits per heavy atom. The highest BCUT2D eigenvalue weighted by Crippen LogP contribution is 2.14. The van der Waals surface area contributed by atoms with E-state index in [1.165, 1.54) is 0 Å². The monoisotopic (exact) mass is 414 g/mol. The predicted molar refractivity (Wildman–Crippen MR) is 110 cm³/mol. The average molecular weight is 415 g/mol. The van der Waals surface area contributed by atoms with Crippen molar-refractivity contribution in [2.24, 2.45) is 5.73 Å². The molecule has 3 rings (SSSR count). The van der Waals surface area contributed by atoms with Crippen LogP contribution in [0.4, 0.5) is 0 Å². The van der Waals surface area contributed by atoms with E-state index in [-0.39, 0.29) is 24.1 Å². The summed E-state index contributed by atoms with van der Waals surface area (Å²) in [4.78, 5) is 36.9. The molecule has 7 nitrogen and oxygen atoms in total. The van der Waals surface area contributed by atoms with Gasteiger partial charge in [0.1, 0.15) is 12.1 Å². The second-order valence-electron chi connectivity index (χ2n) is 6.96. The molecule has 0 aliphatic carbocycles. The number of piperazine rings is 1. The first kappa shape index (κ1) is 20.8. The van der Waals surface area contributed by atoms with Crippen molar-refractivity contribution in [1.29, 1.82) is 0 Å². The van der Waals surface area contributed by atoms with Crippen molar-refractivity contribution in [3.05, 3.63) is 70.2 Å². The Kier molecular flexibility index (Phi) is 6.85. The fourth-order valence-electron chi connectivity index (χ4n) is 3.11. The zero-order valence-corrected chi connectivity index (χ0v) is 16.5. The predicted octanol–water partition coefficient (Wildman–Crippen LogP) is 1.03. The van der Waals surface area contributed by atoms with Crippen molar-refractivity contribution in [2.75, 3.05) is 0 Å². The summed E-state index contributed by atoms with van der Waals surface area (Å²) in [6.45, 7) is 0.796. The number of nitrogens with two attached hydrogens (primary N) is 1. The molecule has 8 heteroatoms. The molecule has 1 aliphatic heterocycles. The largest absolute Gasteiger partial charge is 0.352 e. The number of benzene rings is 2. The first-order chi connectivity index (χ1) is 13.9. The van der Waals surface area contributed by atoms with E-state index in [1.807, 2.05) is 30.3 Å². The SMILES string of the molecule is NCc1ccc(CNC(=O)CC2NC(=O)C(Cc3cccc(Cl)c3)NC2=O)cc1. The lowest BCUT2D eigenvalue weighted by molar-refractivity contribution is -0.138. The summed E-state index contributed by atoms with van der Waals surface area (Å²) >= 11 is 5.96. The third kappa shape index (κ3) is 5.79. The zero-order chi connectivity index (χ0) is 20.8. The zero-order valence-electron chi connectivity index (χ0n) is 15.8. The topological polar surface area (TPSA) is 113 Å². The Hall–Kier alpha value is -2.90. The fraction of sp³-hybridized carbons (Fsp3) is 0.286. The molecule has 3 amide bonds. The van der Waals surface area contributed by atoms with Gasteiger partial charge in [0, 0.05) is 24.5 Å². The van der Waals surface area contributed by atoms with E-state index in [1.54, 1.807) is 18.2 Å². The van der Waals surface area contributed by atoms with Gasteiger partial charge in [0.25, 0.3) is 0 Å². The Morgan fingerprint density at radius 3 is 2.31 bits per heavy atom. The van der Waals surface area contributed by atoms with Gasteiger partial charge in [-0.25, -0.2) is 0 Å². The van der Waals surface area contributed by atoms with E-state index in [0.29, 0.717) is 24.5 Å². The molecule has 0 saturated carbocycles. The van der Waals surface area contributed by atoms with Gasteiger partial charge in [-0.05, 0) is 28.8 Å². The molecule has 29 heavy (non-hydrogen) atoms. The smallest absolute Gasteiger partial charge is 0.243 e. The summed E-state index contributed by atoms with van der Waals surface area (Å²) in [5.41, 5.74) is 8.34. The normalized spacial score (nSPS) is 18.7. The van der Waals surface area contributed by atoms with Gasteiger partial charge in [0.15, 0.2) is 0 Å². The minimum Gasteiger partial charge on any atom is -0.352 e. The highest BCUT2D eigenvalue weighted by atomic mass is 35.5. The van der Waals surface area contributed by atoms with E-state index < -0.39 is 12.1 Å². The highest BCUT2D eigenvalue weighted by Gasteiger charge is 2.34. The molecule has 1 aliphatic rings. The first-order valence-electron chi connectivity index (χ1n) is 9.34. The molecule has 1 fully saturated rings. The molecule has 2 atom stereocenters. The lowest BCUT2D eigenvalue weighted by Gasteiger charge is -2.29. The maximum absolute atomic E-state index is 12.4. The molecule has 0 spiro atoms. The summed E-state index contributed by atoms with van der Waals surface area (Å²) in [6, 6.07) is 13.1. The van der Waals surface area contributed by atoms with E-state index in [4.69, 9.17) is 17.3 Å². The van der Waals surface area contributed by atoms with Crippen LogP contribution in [-0.2, 0) is 33.9 Å². The van der Waals surface area contributed by atoms with Crippen molar-refractivity contribution in [2.45, 2.75) is 38.0 Å². The van der Waals surface area contributed by atoms with E-state index >= 15 is 0 Å². The van der Waals surface area contributed by atoms with Gasteiger partial charge in [0.2, 0.25) is 17.7 Å². The molecule has 2 aromatic rings. The molecule has 0 aromatic heterocycles. The minimum absolute atomic E-state index is 0.123. The summed E-state index contributed by atoms with van der Waals surface area (Å²) in [7, 11) is 0. The summed E-state index contributed by atoms with van der Waals surface area (Å²) in [5.74, 6) is -1.01. The highest BCUT2D eigenvalue weighted by molar-refractivity contribution is 6.30. The van der Waals surface area contributed by atoms with Crippen LogP contribution in [0.5, 0.6) is 0 Å². The van der Waals surface area contributed by atoms with Gasteiger partial charge in [-0.1, -0.05) is 48.0 Å². The van der Waals surface area contributed by atoms with Crippen LogP contribution in [0.3, 0.4) is 0 Å². The van der Waals surface area contributed by atoms with E-state index in [0.717, 1.165) is 16.7 Å².